The number of fused-ring (bicyclic) bond motifs is 1. The van der Waals surface area contributed by atoms with E-state index in [2.05, 4.69) is 41.6 Å². The van der Waals surface area contributed by atoms with Crippen LogP contribution in [0.2, 0.25) is 0 Å². The maximum Gasteiger partial charge on any atom is 0.127 e. The minimum Gasteiger partial charge on any atom is -0.489 e. The van der Waals surface area contributed by atoms with Crippen LogP contribution in [0.5, 0.6) is 5.75 Å². The highest BCUT2D eigenvalue weighted by Gasteiger charge is 2.25. The molecule has 5 heteroatoms. The Morgan fingerprint density at radius 2 is 1.77 bits per heavy atom. The third kappa shape index (κ3) is 5.39. The van der Waals surface area contributed by atoms with E-state index in [1.54, 1.807) is 6.08 Å². The number of hydrogen-bond donors (Lipinski definition) is 0. The van der Waals surface area contributed by atoms with Crippen LogP contribution in [-0.4, -0.2) is 18.4 Å². The van der Waals surface area contributed by atoms with Crippen molar-refractivity contribution in [3.05, 3.63) is 75.8 Å². The lowest BCUT2D eigenvalue weighted by atomic mass is 9.83. The molecule has 0 amide bonds. The molecule has 0 saturated heterocycles. The molecule has 4 rings (SSSR count). The average Bonchev–Trinajstić information content (AvgIpc) is 2.78. The minimum absolute atomic E-state index is 0.207. The standard InChI is InChI=1S/C25H27Cl2NO2/c26-25(27)16-17-29-24-11-5-8-21-22(24)9-4-10-23(21)28-30-20-14-12-19(13-15-20)18-6-2-1-3-7-18/h1-3,5-8,11,16,19-20H,4,9-10,12-15,17H2/b28-23+. The van der Waals surface area contributed by atoms with E-state index in [-0.39, 0.29) is 10.6 Å². The molecule has 0 heterocycles. The number of benzene rings is 2. The fourth-order valence-electron chi connectivity index (χ4n) is 4.45. The van der Waals surface area contributed by atoms with Crippen LogP contribution in [0.4, 0.5) is 0 Å². The lowest BCUT2D eigenvalue weighted by molar-refractivity contribution is 0.0286. The number of hydrogen-bond acceptors (Lipinski definition) is 3. The molecule has 2 aromatic rings. The fourth-order valence-corrected chi connectivity index (χ4v) is 4.58. The third-order valence-electron chi connectivity index (χ3n) is 6.02. The molecule has 1 fully saturated rings. The highest BCUT2D eigenvalue weighted by molar-refractivity contribution is 6.55. The summed E-state index contributed by atoms with van der Waals surface area (Å²) in [6.45, 7) is 0.354. The Kier molecular flexibility index (Phi) is 7.35. The summed E-state index contributed by atoms with van der Waals surface area (Å²) in [6.07, 6.45) is 9.23. The quantitative estimate of drug-likeness (QED) is 0.443. The molecule has 158 valence electrons. The van der Waals surface area contributed by atoms with Gasteiger partial charge < -0.3 is 9.57 Å². The molecule has 0 radical (unpaired) electrons. The van der Waals surface area contributed by atoms with Gasteiger partial charge in [0.05, 0.1) is 5.71 Å². The van der Waals surface area contributed by atoms with Crippen molar-refractivity contribution in [3.63, 3.8) is 0 Å². The SMILES string of the molecule is ClC(Cl)=CCOc1cccc2c1CCC/C2=N\OC1CCC(c2ccccc2)CC1. The Bertz CT molecular complexity index is 899. The molecule has 0 atom stereocenters. The Morgan fingerprint density at radius 3 is 2.53 bits per heavy atom. The van der Waals surface area contributed by atoms with Crippen LogP contribution < -0.4 is 4.74 Å². The largest absolute Gasteiger partial charge is 0.489 e. The number of oxime groups is 1. The van der Waals surface area contributed by atoms with E-state index in [0.29, 0.717) is 12.5 Å². The first-order valence-electron chi connectivity index (χ1n) is 10.7. The number of nitrogens with zero attached hydrogens (tertiary/aromatic N) is 1. The van der Waals surface area contributed by atoms with E-state index < -0.39 is 0 Å². The second kappa shape index (κ2) is 10.4. The highest BCUT2D eigenvalue weighted by Crippen LogP contribution is 2.35. The molecule has 0 spiro atoms. The first-order chi connectivity index (χ1) is 14.7. The fraction of sp³-hybridized carbons (Fsp3) is 0.400. The molecule has 3 nitrogen and oxygen atoms in total. The van der Waals surface area contributed by atoms with Gasteiger partial charge in [-0.05, 0) is 68.6 Å². The normalized spacial score (nSPS) is 22.3. The topological polar surface area (TPSA) is 30.8 Å². The highest BCUT2D eigenvalue weighted by atomic mass is 35.5. The van der Waals surface area contributed by atoms with E-state index in [4.69, 9.17) is 32.8 Å². The molecule has 0 aliphatic heterocycles. The van der Waals surface area contributed by atoms with E-state index >= 15 is 0 Å². The number of halogens is 2. The summed E-state index contributed by atoms with van der Waals surface area (Å²) in [5, 5.41) is 4.60. The van der Waals surface area contributed by atoms with Crippen molar-refractivity contribution in [1.82, 2.24) is 0 Å². The Hall–Kier alpha value is -1.97. The van der Waals surface area contributed by atoms with Gasteiger partial charge in [0.25, 0.3) is 0 Å². The van der Waals surface area contributed by atoms with Gasteiger partial charge in [0.1, 0.15) is 23.0 Å². The zero-order valence-electron chi connectivity index (χ0n) is 17.0. The van der Waals surface area contributed by atoms with Crippen LogP contribution in [0, 0.1) is 0 Å². The second-order valence-corrected chi connectivity index (χ2v) is 8.98. The summed E-state index contributed by atoms with van der Waals surface area (Å²) in [5.41, 5.74) is 4.80. The van der Waals surface area contributed by atoms with E-state index in [1.807, 2.05) is 12.1 Å². The Labute approximate surface area is 188 Å². The smallest absolute Gasteiger partial charge is 0.127 e. The van der Waals surface area contributed by atoms with Crippen molar-refractivity contribution >= 4 is 28.9 Å². The predicted octanol–water partition coefficient (Wildman–Crippen LogP) is 7.17. The summed E-state index contributed by atoms with van der Waals surface area (Å²) in [5.74, 6) is 1.51. The van der Waals surface area contributed by atoms with Crippen LogP contribution in [-0.2, 0) is 11.3 Å². The van der Waals surface area contributed by atoms with Crippen LogP contribution in [0.25, 0.3) is 0 Å². The monoisotopic (exact) mass is 443 g/mol. The van der Waals surface area contributed by atoms with Crippen LogP contribution in [0.1, 0.15) is 61.1 Å². The summed E-state index contributed by atoms with van der Waals surface area (Å²) >= 11 is 11.4. The molecule has 2 aliphatic carbocycles. The van der Waals surface area contributed by atoms with Crippen LogP contribution in [0.3, 0.4) is 0 Å². The van der Waals surface area contributed by atoms with Gasteiger partial charge in [0.2, 0.25) is 0 Å². The summed E-state index contributed by atoms with van der Waals surface area (Å²) in [4.78, 5) is 6.02. The zero-order valence-corrected chi connectivity index (χ0v) is 18.5. The number of ether oxygens (including phenoxy) is 1. The maximum absolute atomic E-state index is 6.02. The van der Waals surface area contributed by atoms with Gasteiger partial charge in [-0.15, -0.1) is 0 Å². The lowest BCUT2D eigenvalue weighted by Gasteiger charge is -2.28. The van der Waals surface area contributed by atoms with Gasteiger partial charge in [0.15, 0.2) is 0 Å². The van der Waals surface area contributed by atoms with Gasteiger partial charge >= 0.3 is 0 Å². The van der Waals surface area contributed by atoms with Gasteiger partial charge in [-0.3, -0.25) is 0 Å². The van der Waals surface area contributed by atoms with E-state index in [0.717, 1.165) is 62.0 Å². The molecular weight excluding hydrogens is 417 g/mol. The van der Waals surface area contributed by atoms with Gasteiger partial charge in [-0.2, -0.15) is 0 Å². The van der Waals surface area contributed by atoms with Crippen molar-refractivity contribution in [2.45, 2.75) is 57.0 Å². The van der Waals surface area contributed by atoms with E-state index in [1.165, 1.54) is 11.1 Å². The molecule has 0 unspecified atom stereocenters. The third-order valence-corrected chi connectivity index (χ3v) is 6.33. The Balaban J connectivity index is 1.38. The van der Waals surface area contributed by atoms with Gasteiger partial charge in [-0.1, -0.05) is 70.8 Å². The molecule has 2 aromatic carbocycles. The molecule has 30 heavy (non-hydrogen) atoms. The van der Waals surface area contributed by atoms with Crippen LogP contribution in [0.15, 0.2) is 64.3 Å². The Morgan fingerprint density at radius 1 is 0.967 bits per heavy atom. The van der Waals surface area contributed by atoms with Crippen molar-refractivity contribution in [2.24, 2.45) is 5.16 Å². The second-order valence-electron chi connectivity index (χ2n) is 7.97. The summed E-state index contributed by atoms with van der Waals surface area (Å²) < 4.78 is 6.09. The molecule has 0 aromatic heterocycles. The van der Waals surface area contributed by atoms with Crippen molar-refractivity contribution in [1.29, 1.82) is 0 Å². The molecule has 0 N–H and O–H groups in total. The van der Waals surface area contributed by atoms with Crippen molar-refractivity contribution < 1.29 is 9.57 Å². The first-order valence-corrected chi connectivity index (χ1v) is 11.5. The average molecular weight is 444 g/mol. The first kappa shape index (κ1) is 21.3. The van der Waals surface area contributed by atoms with Crippen molar-refractivity contribution in [3.8, 4) is 5.75 Å². The number of rotatable bonds is 6. The zero-order chi connectivity index (χ0) is 20.8. The molecule has 0 bridgehead atoms. The summed E-state index contributed by atoms with van der Waals surface area (Å²) in [7, 11) is 0. The maximum atomic E-state index is 6.02. The minimum atomic E-state index is 0.207. The van der Waals surface area contributed by atoms with Gasteiger partial charge in [0, 0.05) is 11.1 Å². The van der Waals surface area contributed by atoms with E-state index in [9.17, 15) is 0 Å². The molecule has 1 saturated carbocycles. The van der Waals surface area contributed by atoms with Crippen molar-refractivity contribution in [2.75, 3.05) is 6.61 Å². The predicted molar refractivity (Wildman–Crippen MR) is 124 cm³/mol. The summed E-state index contributed by atoms with van der Waals surface area (Å²) in [6, 6.07) is 16.9. The molecular formula is C25H27Cl2NO2. The lowest BCUT2D eigenvalue weighted by Crippen LogP contribution is -2.21. The van der Waals surface area contributed by atoms with Crippen LogP contribution >= 0.6 is 23.2 Å². The molecule has 2 aliphatic rings. The van der Waals surface area contributed by atoms with Gasteiger partial charge in [-0.25, -0.2) is 0 Å².